The van der Waals surface area contributed by atoms with Gasteiger partial charge in [-0.05, 0) is 23.9 Å². The highest BCUT2D eigenvalue weighted by Gasteiger charge is 2.17. The van der Waals surface area contributed by atoms with Crippen molar-refractivity contribution in [1.82, 2.24) is 5.32 Å². The predicted molar refractivity (Wildman–Crippen MR) is 80.5 cm³/mol. The fraction of sp³-hybridized carbons (Fsp3) is 0.571. The molecule has 5 N–H and O–H groups in total. The van der Waals surface area contributed by atoms with Crippen LogP contribution in [0.4, 0.5) is 5.69 Å². The summed E-state index contributed by atoms with van der Waals surface area (Å²) in [6.45, 7) is 6.10. The van der Waals surface area contributed by atoms with E-state index in [0.29, 0.717) is 13.1 Å². The van der Waals surface area contributed by atoms with Gasteiger partial charge in [0.05, 0.1) is 4.92 Å². The third-order valence-electron chi connectivity index (χ3n) is 3.34. The fourth-order valence-electron chi connectivity index (χ4n) is 1.77. The molecule has 6 heteroatoms. The second-order valence-corrected chi connectivity index (χ2v) is 5.81. The van der Waals surface area contributed by atoms with Gasteiger partial charge in [-0.25, -0.2) is 0 Å². The number of hydrogen-bond donors (Lipinski definition) is 3. The average Bonchev–Trinajstić information content (AvgIpc) is 2.44. The smallest absolute Gasteiger partial charge is 0.269 e. The summed E-state index contributed by atoms with van der Waals surface area (Å²) in [5.74, 6) is 0. The molecule has 0 aliphatic heterocycles. The van der Waals surface area contributed by atoms with Gasteiger partial charge < -0.3 is 16.8 Å². The molecule has 0 aromatic heterocycles. The Morgan fingerprint density at radius 2 is 1.90 bits per heavy atom. The number of nitro benzene ring substituents is 1. The Balaban J connectivity index is 2.57. The van der Waals surface area contributed by atoms with Crippen molar-refractivity contribution >= 4 is 5.69 Å². The molecule has 1 atom stereocenters. The van der Waals surface area contributed by atoms with Gasteiger partial charge in [-0.2, -0.15) is 0 Å². The first-order chi connectivity index (χ1) is 9.38. The number of hydrogen-bond acceptors (Lipinski definition) is 5. The molecule has 1 unspecified atom stereocenters. The lowest BCUT2D eigenvalue weighted by Gasteiger charge is -2.26. The molecule has 0 amide bonds. The molecule has 0 spiro atoms. The number of nitro groups is 1. The summed E-state index contributed by atoms with van der Waals surface area (Å²) >= 11 is 0. The summed E-state index contributed by atoms with van der Waals surface area (Å²) in [5, 5.41) is 14.0. The van der Waals surface area contributed by atoms with Crippen LogP contribution in [0.5, 0.6) is 0 Å². The summed E-state index contributed by atoms with van der Waals surface area (Å²) < 4.78 is 0. The van der Waals surface area contributed by atoms with Gasteiger partial charge in [0.15, 0.2) is 0 Å². The maximum absolute atomic E-state index is 10.6. The van der Waals surface area contributed by atoms with Crippen LogP contribution >= 0.6 is 0 Å². The van der Waals surface area contributed by atoms with Crippen molar-refractivity contribution in [2.45, 2.75) is 26.3 Å². The van der Waals surface area contributed by atoms with Crippen molar-refractivity contribution in [3.63, 3.8) is 0 Å². The van der Waals surface area contributed by atoms with E-state index in [4.69, 9.17) is 11.5 Å². The molecule has 0 aliphatic rings. The number of nitrogens with two attached hydrogens (primary N) is 2. The van der Waals surface area contributed by atoms with Crippen LogP contribution < -0.4 is 16.8 Å². The lowest BCUT2D eigenvalue weighted by atomic mass is 9.93. The molecule has 0 bridgehead atoms. The molecule has 20 heavy (non-hydrogen) atoms. The van der Waals surface area contributed by atoms with E-state index in [1.54, 1.807) is 12.1 Å². The molecule has 1 rings (SSSR count). The lowest BCUT2D eigenvalue weighted by Crippen LogP contribution is -2.44. The van der Waals surface area contributed by atoms with Crippen LogP contribution in [0.15, 0.2) is 24.3 Å². The molecule has 0 saturated carbocycles. The summed E-state index contributed by atoms with van der Waals surface area (Å²) in [6, 6.07) is 6.73. The highest BCUT2D eigenvalue weighted by molar-refractivity contribution is 5.33. The van der Waals surface area contributed by atoms with E-state index < -0.39 is 4.92 Å². The first-order valence-electron chi connectivity index (χ1n) is 6.75. The summed E-state index contributed by atoms with van der Waals surface area (Å²) in [4.78, 5) is 10.2. The third-order valence-corrected chi connectivity index (χ3v) is 3.34. The van der Waals surface area contributed by atoms with Gasteiger partial charge in [0, 0.05) is 31.3 Å². The molecule has 112 valence electrons. The molecule has 1 aromatic rings. The maximum atomic E-state index is 10.6. The first-order valence-corrected chi connectivity index (χ1v) is 6.75. The largest absolute Gasteiger partial charge is 0.330 e. The third kappa shape index (κ3) is 5.24. The Morgan fingerprint density at radius 1 is 1.30 bits per heavy atom. The molecular weight excluding hydrogens is 256 g/mol. The average molecular weight is 280 g/mol. The molecule has 0 aliphatic carbocycles. The van der Waals surface area contributed by atoms with Crippen LogP contribution in [0.1, 0.15) is 19.4 Å². The van der Waals surface area contributed by atoms with Crippen molar-refractivity contribution < 1.29 is 4.92 Å². The summed E-state index contributed by atoms with van der Waals surface area (Å²) in [7, 11) is 0. The van der Waals surface area contributed by atoms with Crippen LogP contribution in [-0.2, 0) is 6.42 Å². The highest BCUT2D eigenvalue weighted by atomic mass is 16.6. The normalized spacial score (nSPS) is 13.2. The zero-order valence-electron chi connectivity index (χ0n) is 12.1. The Hall–Kier alpha value is -1.50. The number of non-ortho nitro benzene ring substituents is 1. The second-order valence-electron chi connectivity index (χ2n) is 5.81. The van der Waals surface area contributed by atoms with Crippen LogP contribution in [0, 0.1) is 15.5 Å². The summed E-state index contributed by atoms with van der Waals surface area (Å²) in [5.41, 5.74) is 12.6. The monoisotopic (exact) mass is 280 g/mol. The Bertz CT molecular complexity index is 431. The number of nitrogens with zero attached hydrogens (tertiary/aromatic N) is 1. The predicted octanol–water partition coefficient (Wildman–Crippen LogP) is 1.04. The standard InChI is InChI=1S/C14H24N4O2/c1-14(2,9-16)10-17-12(8-15)7-11-3-5-13(6-4-11)18(19)20/h3-6,12,17H,7-10,15-16H2,1-2H3. The molecule has 6 nitrogen and oxygen atoms in total. The topological polar surface area (TPSA) is 107 Å². The van der Waals surface area contributed by atoms with Gasteiger partial charge in [-0.1, -0.05) is 26.0 Å². The van der Waals surface area contributed by atoms with Crippen LogP contribution in [-0.4, -0.2) is 30.6 Å². The quantitative estimate of drug-likeness (QED) is 0.487. The van der Waals surface area contributed by atoms with Gasteiger partial charge >= 0.3 is 0 Å². The van der Waals surface area contributed by atoms with Gasteiger partial charge in [0.2, 0.25) is 0 Å². The first kappa shape index (κ1) is 16.6. The maximum Gasteiger partial charge on any atom is 0.269 e. The van der Waals surface area contributed by atoms with Crippen molar-refractivity contribution in [2.24, 2.45) is 16.9 Å². The van der Waals surface area contributed by atoms with Crippen LogP contribution in [0.25, 0.3) is 0 Å². The van der Waals surface area contributed by atoms with Crippen molar-refractivity contribution in [3.05, 3.63) is 39.9 Å². The van der Waals surface area contributed by atoms with Gasteiger partial charge in [-0.15, -0.1) is 0 Å². The fourth-order valence-corrected chi connectivity index (χ4v) is 1.77. The molecule has 0 fully saturated rings. The van der Waals surface area contributed by atoms with Gasteiger partial charge in [-0.3, -0.25) is 10.1 Å². The highest BCUT2D eigenvalue weighted by Crippen LogP contribution is 2.14. The van der Waals surface area contributed by atoms with E-state index >= 15 is 0 Å². The Labute approximate surface area is 119 Å². The zero-order chi connectivity index (χ0) is 15.2. The van der Waals surface area contributed by atoms with E-state index in [1.165, 1.54) is 12.1 Å². The van der Waals surface area contributed by atoms with Crippen LogP contribution in [0.2, 0.25) is 0 Å². The summed E-state index contributed by atoms with van der Waals surface area (Å²) in [6.07, 6.45) is 0.745. The van der Waals surface area contributed by atoms with Crippen molar-refractivity contribution in [3.8, 4) is 0 Å². The second kappa shape index (κ2) is 7.33. The zero-order valence-corrected chi connectivity index (χ0v) is 12.1. The lowest BCUT2D eigenvalue weighted by molar-refractivity contribution is -0.384. The minimum Gasteiger partial charge on any atom is -0.330 e. The molecule has 0 heterocycles. The Kier molecular flexibility index (Phi) is 6.06. The van der Waals surface area contributed by atoms with Gasteiger partial charge in [0.25, 0.3) is 5.69 Å². The van der Waals surface area contributed by atoms with E-state index in [1.807, 2.05) is 0 Å². The van der Waals surface area contributed by atoms with E-state index in [-0.39, 0.29) is 17.1 Å². The molecule has 0 radical (unpaired) electrons. The number of rotatable bonds is 8. The van der Waals surface area contributed by atoms with E-state index in [9.17, 15) is 10.1 Å². The van der Waals surface area contributed by atoms with Crippen molar-refractivity contribution in [1.29, 1.82) is 0 Å². The minimum absolute atomic E-state index is 0.0306. The van der Waals surface area contributed by atoms with Crippen molar-refractivity contribution in [2.75, 3.05) is 19.6 Å². The number of benzene rings is 1. The van der Waals surface area contributed by atoms with Gasteiger partial charge in [0.1, 0.15) is 0 Å². The molecule has 1 aromatic carbocycles. The number of nitrogens with one attached hydrogen (secondary N) is 1. The molecule has 0 saturated heterocycles. The molecular formula is C14H24N4O2. The minimum atomic E-state index is -0.397. The van der Waals surface area contributed by atoms with Crippen LogP contribution in [0.3, 0.4) is 0 Å². The SMILES string of the molecule is CC(C)(CN)CNC(CN)Cc1ccc([N+](=O)[O-])cc1. The Morgan fingerprint density at radius 3 is 2.35 bits per heavy atom. The van der Waals surface area contributed by atoms with E-state index in [0.717, 1.165) is 18.5 Å². The van der Waals surface area contributed by atoms with E-state index in [2.05, 4.69) is 19.2 Å².